The van der Waals surface area contributed by atoms with Crippen LogP contribution in [0.4, 0.5) is 5.69 Å². The monoisotopic (exact) mass is 470 g/mol. The van der Waals surface area contributed by atoms with E-state index in [0.717, 1.165) is 21.0 Å². The fourth-order valence-electron chi connectivity index (χ4n) is 3.06. The molecule has 0 radical (unpaired) electrons. The fraction of sp³-hybridized carbons (Fsp3) is 0.500. The van der Waals surface area contributed by atoms with Crippen molar-refractivity contribution in [3.05, 3.63) is 23.8 Å². The Kier molecular flexibility index (Phi) is 9.11. The van der Waals surface area contributed by atoms with Gasteiger partial charge in [-0.2, -0.15) is 0 Å². The van der Waals surface area contributed by atoms with Crippen LogP contribution in [0.2, 0.25) is 0 Å². The van der Waals surface area contributed by atoms with E-state index in [1.165, 1.54) is 18.2 Å². The second kappa shape index (κ2) is 11.6. The molecule has 182 valence electrons. The summed E-state index contributed by atoms with van der Waals surface area (Å²) in [6, 6.07) is 4.29. The highest BCUT2D eigenvalue weighted by Gasteiger charge is 2.53. The number of nitrogens with one attached hydrogen (secondary N) is 1. The summed E-state index contributed by atoms with van der Waals surface area (Å²) < 4.78 is 26.2. The molecule has 1 fully saturated rings. The second-order valence-corrected chi connectivity index (χ2v) is 6.95. The lowest BCUT2D eigenvalue weighted by atomic mass is 9.98. The number of hydrogen-bond acceptors (Lipinski definition) is 12. The number of esters is 3. The number of methoxy groups -OCH3 is 1. The third-order valence-corrected chi connectivity index (χ3v) is 4.49. The molecule has 5 N–H and O–H groups in total. The van der Waals surface area contributed by atoms with E-state index in [2.05, 4.69) is 10.1 Å². The SMILES string of the molecule is COC(=O)[C@H]1O[C@@H](Oc2cc(CO)ccc2NC(=O)CN)[C@H](OC(C)=O)[C@@H](OC(C)=O)[C@@H]1O. The van der Waals surface area contributed by atoms with Gasteiger partial charge in [-0.05, 0) is 17.7 Å². The second-order valence-electron chi connectivity index (χ2n) is 6.95. The van der Waals surface area contributed by atoms with Gasteiger partial charge in [0.15, 0.2) is 12.2 Å². The molecule has 0 aromatic heterocycles. The van der Waals surface area contributed by atoms with Crippen LogP contribution in [0.15, 0.2) is 18.2 Å². The van der Waals surface area contributed by atoms with Crippen LogP contribution in [0, 0.1) is 0 Å². The molecule has 1 saturated heterocycles. The summed E-state index contributed by atoms with van der Waals surface area (Å²) in [6.07, 6.45) is -8.10. The quantitative estimate of drug-likeness (QED) is 0.256. The summed E-state index contributed by atoms with van der Waals surface area (Å²) in [7, 11) is 1.05. The van der Waals surface area contributed by atoms with Crippen molar-refractivity contribution in [2.75, 3.05) is 19.0 Å². The molecule has 1 aliphatic rings. The summed E-state index contributed by atoms with van der Waals surface area (Å²) in [4.78, 5) is 47.3. The molecule has 1 heterocycles. The van der Waals surface area contributed by atoms with Gasteiger partial charge in [0, 0.05) is 13.8 Å². The Morgan fingerprint density at radius 1 is 1.12 bits per heavy atom. The highest BCUT2D eigenvalue weighted by atomic mass is 16.7. The Labute approximate surface area is 188 Å². The Bertz CT molecular complexity index is 891. The van der Waals surface area contributed by atoms with Crippen molar-refractivity contribution in [1.82, 2.24) is 0 Å². The van der Waals surface area contributed by atoms with Crippen molar-refractivity contribution in [3.8, 4) is 5.75 Å². The molecule has 0 spiro atoms. The molecule has 1 amide bonds. The number of aliphatic hydroxyl groups excluding tert-OH is 2. The Morgan fingerprint density at radius 2 is 1.76 bits per heavy atom. The van der Waals surface area contributed by atoms with Gasteiger partial charge in [0.2, 0.25) is 18.3 Å². The number of anilines is 1. The van der Waals surface area contributed by atoms with Crippen molar-refractivity contribution < 1.29 is 53.1 Å². The summed E-state index contributed by atoms with van der Waals surface area (Å²) in [6.45, 7) is 1.42. The first-order valence-corrected chi connectivity index (χ1v) is 9.77. The summed E-state index contributed by atoms with van der Waals surface area (Å²) in [5.74, 6) is -3.27. The lowest BCUT2D eigenvalue weighted by Gasteiger charge is -2.42. The van der Waals surface area contributed by atoms with Crippen LogP contribution in [0.5, 0.6) is 5.75 Å². The molecule has 1 aromatic rings. The maximum Gasteiger partial charge on any atom is 0.338 e. The van der Waals surface area contributed by atoms with E-state index in [1.54, 1.807) is 0 Å². The number of hydrogen-bond donors (Lipinski definition) is 4. The first-order valence-electron chi connectivity index (χ1n) is 9.77. The van der Waals surface area contributed by atoms with Crippen LogP contribution in [0.1, 0.15) is 19.4 Å². The number of carbonyl (C=O) groups is 4. The third-order valence-electron chi connectivity index (χ3n) is 4.49. The third kappa shape index (κ3) is 6.61. The lowest BCUT2D eigenvalue weighted by Crippen LogP contribution is -2.63. The van der Waals surface area contributed by atoms with E-state index in [0.29, 0.717) is 5.56 Å². The van der Waals surface area contributed by atoms with E-state index in [1.807, 2.05) is 0 Å². The van der Waals surface area contributed by atoms with Gasteiger partial charge in [0.1, 0.15) is 11.9 Å². The van der Waals surface area contributed by atoms with E-state index < -0.39 is 54.5 Å². The molecule has 0 aliphatic carbocycles. The van der Waals surface area contributed by atoms with Gasteiger partial charge in [-0.1, -0.05) is 6.07 Å². The largest absolute Gasteiger partial charge is 0.467 e. The van der Waals surface area contributed by atoms with Crippen molar-refractivity contribution >= 4 is 29.5 Å². The molecule has 13 nitrogen and oxygen atoms in total. The van der Waals surface area contributed by atoms with Crippen molar-refractivity contribution in [1.29, 1.82) is 0 Å². The molecule has 1 aliphatic heterocycles. The van der Waals surface area contributed by atoms with Gasteiger partial charge in [0.05, 0.1) is 25.9 Å². The number of amides is 1. The maximum atomic E-state index is 12.2. The van der Waals surface area contributed by atoms with Crippen molar-refractivity contribution in [2.45, 2.75) is 51.2 Å². The highest BCUT2D eigenvalue weighted by molar-refractivity contribution is 5.93. The zero-order valence-electron chi connectivity index (χ0n) is 18.2. The Morgan fingerprint density at radius 3 is 2.30 bits per heavy atom. The van der Waals surface area contributed by atoms with Crippen LogP contribution in [-0.2, 0) is 44.7 Å². The smallest absolute Gasteiger partial charge is 0.338 e. The van der Waals surface area contributed by atoms with Crippen LogP contribution >= 0.6 is 0 Å². The van der Waals surface area contributed by atoms with Gasteiger partial charge in [-0.25, -0.2) is 4.79 Å². The van der Waals surface area contributed by atoms with E-state index in [4.69, 9.17) is 24.7 Å². The van der Waals surface area contributed by atoms with Gasteiger partial charge in [-0.15, -0.1) is 0 Å². The molecule has 13 heteroatoms. The maximum absolute atomic E-state index is 12.2. The standard InChI is InChI=1S/C20H26N2O11/c1-9(24)30-16-15(27)17(19(28)29-3)33-20(18(16)31-10(2)25)32-13-6-11(8-23)4-5-12(13)22-14(26)7-21/h4-6,15-18,20,23,27H,7-8,21H2,1-3H3,(H,22,26)/t15-,16-,17-,18+,20+/m0/s1. The summed E-state index contributed by atoms with van der Waals surface area (Å²) in [5.41, 5.74) is 5.84. The minimum absolute atomic E-state index is 0.0490. The minimum Gasteiger partial charge on any atom is -0.467 e. The zero-order chi connectivity index (χ0) is 24.7. The summed E-state index contributed by atoms with van der Waals surface area (Å²) >= 11 is 0. The molecular weight excluding hydrogens is 444 g/mol. The Balaban J connectivity index is 2.50. The molecule has 1 aromatic carbocycles. The van der Waals surface area contributed by atoms with Gasteiger partial charge in [0.25, 0.3) is 0 Å². The fourth-order valence-corrected chi connectivity index (χ4v) is 3.06. The van der Waals surface area contributed by atoms with Crippen LogP contribution in [0.3, 0.4) is 0 Å². The first kappa shape index (κ1) is 26.0. The normalized spacial score (nSPS) is 24.4. The van der Waals surface area contributed by atoms with Gasteiger partial charge >= 0.3 is 17.9 Å². The number of carbonyl (C=O) groups excluding carboxylic acids is 4. The molecule has 0 unspecified atom stereocenters. The molecular formula is C20H26N2O11. The van der Waals surface area contributed by atoms with Crippen LogP contribution in [0.25, 0.3) is 0 Å². The van der Waals surface area contributed by atoms with E-state index in [9.17, 15) is 29.4 Å². The number of ether oxygens (including phenoxy) is 5. The van der Waals surface area contributed by atoms with E-state index in [-0.39, 0.29) is 24.6 Å². The predicted octanol–water partition coefficient (Wildman–Crippen LogP) is -1.42. The van der Waals surface area contributed by atoms with Crippen LogP contribution in [-0.4, -0.2) is 78.4 Å². The average molecular weight is 470 g/mol. The van der Waals surface area contributed by atoms with E-state index >= 15 is 0 Å². The van der Waals surface area contributed by atoms with Crippen molar-refractivity contribution in [3.63, 3.8) is 0 Å². The average Bonchev–Trinajstić information content (AvgIpc) is 2.77. The molecule has 2 rings (SSSR count). The number of rotatable bonds is 8. The number of aliphatic hydroxyl groups is 2. The molecule has 0 bridgehead atoms. The topological polar surface area (TPSA) is 193 Å². The van der Waals surface area contributed by atoms with Gasteiger partial charge < -0.3 is 44.9 Å². The van der Waals surface area contributed by atoms with Crippen molar-refractivity contribution in [2.24, 2.45) is 5.73 Å². The number of benzene rings is 1. The first-order chi connectivity index (χ1) is 15.6. The van der Waals surface area contributed by atoms with Crippen LogP contribution < -0.4 is 15.8 Å². The van der Waals surface area contributed by atoms with Gasteiger partial charge in [-0.3, -0.25) is 14.4 Å². The molecule has 33 heavy (non-hydrogen) atoms. The zero-order valence-corrected chi connectivity index (χ0v) is 18.2. The summed E-state index contributed by atoms with van der Waals surface area (Å²) in [5, 5.41) is 22.5. The highest BCUT2D eigenvalue weighted by Crippen LogP contribution is 2.33. The predicted molar refractivity (Wildman–Crippen MR) is 108 cm³/mol. The molecule has 0 saturated carbocycles. The number of nitrogens with two attached hydrogens (primary N) is 1. The lowest BCUT2D eigenvalue weighted by molar-refractivity contribution is -0.279. The molecule has 5 atom stereocenters. The Hall–Kier alpha value is -3.26. The minimum atomic E-state index is -1.76.